The molecule has 38 nitrogen and oxygen atoms in total. The summed E-state index contributed by atoms with van der Waals surface area (Å²) in [7, 11) is -6.45. The van der Waals surface area contributed by atoms with Gasteiger partial charge < -0.3 is 52.5 Å². The molecule has 0 unspecified atom stereocenters. The third kappa shape index (κ3) is 24.4. The van der Waals surface area contributed by atoms with Crippen molar-refractivity contribution in [1.82, 2.24) is 60.4 Å². The van der Waals surface area contributed by atoms with E-state index in [0.717, 1.165) is 167 Å². The van der Waals surface area contributed by atoms with Crippen LogP contribution in [-0.4, -0.2) is 268 Å². The maximum Gasteiger partial charge on any atom is 0.422 e. The molecule has 42 heteroatoms. The van der Waals surface area contributed by atoms with Crippen molar-refractivity contribution >= 4 is 133 Å². The van der Waals surface area contributed by atoms with Crippen LogP contribution in [0, 0.1) is 0 Å². The molecule has 142 heavy (non-hydrogen) atoms. The van der Waals surface area contributed by atoms with E-state index in [2.05, 4.69) is 80.4 Å². The van der Waals surface area contributed by atoms with E-state index in [9.17, 15) is 72.3 Å². The zero-order valence-corrected chi connectivity index (χ0v) is 85.1. The zero-order chi connectivity index (χ0) is 102. The van der Waals surface area contributed by atoms with Crippen LogP contribution in [0.2, 0.25) is 0 Å². The molecule has 9 heterocycles. The van der Waals surface area contributed by atoms with Crippen molar-refractivity contribution in [3.63, 3.8) is 0 Å². The first-order chi connectivity index (χ1) is 67.7. The van der Waals surface area contributed by atoms with Crippen molar-refractivity contribution in [3.05, 3.63) is 194 Å². The quantitative estimate of drug-likeness (QED) is 0.0442. The van der Waals surface area contributed by atoms with Gasteiger partial charge in [0.25, 0.3) is 39.7 Å². The lowest BCUT2D eigenvalue weighted by molar-refractivity contribution is -0.131. The molecule has 0 spiro atoms. The molecular weight excluding hydrogens is 1910 g/mol. The predicted molar refractivity (Wildman–Crippen MR) is 536 cm³/mol. The molecule has 3 aliphatic carbocycles. The molecule has 6 amide bonds. The minimum Gasteiger partial charge on any atom is -0.478 e. The fourth-order valence-corrected chi connectivity index (χ4v) is 21.8. The number of rotatable bonds is 20. The van der Waals surface area contributed by atoms with Gasteiger partial charge in [0.05, 0.1) is 110 Å². The summed E-state index contributed by atoms with van der Waals surface area (Å²) in [5, 5.41) is 17.5. The van der Waals surface area contributed by atoms with Crippen molar-refractivity contribution in [3.8, 4) is 33.8 Å². The molecule has 6 fully saturated rings. The van der Waals surface area contributed by atoms with E-state index in [1.807, 2.05) is 81.5 Å². The van der Waals surface area contributed by atoms with Gasteiger partial charge in [0.1, 0.15) is 5.60 Å². The van der Waals surface area contributed by atoms with E-state index in [1.165, 1.54) is 91.3 Å². The summed E-state index contributed by atoms with van der Waals surface area (Å²) in [5.41, 5.74) is 17.8. The Bertz CT molecular complexity index is 6560. The Hall–Kier alpha value is -11.4. The molecule has 764 valence electrons. The molecule has 6 aromatic carbocycles. The van der Waals surface area contributed by atoms with Gasteiger partial charge in [-0.2, -0.15) is 33.7 Å². The number of benzene rings is 6. The Morgan fingerprint density at radius 1 is 0.387 bits per heavy atom. The summed E-state index contributed by atoms with van der Waals surface area (Å²) in [6, 6.07) is 40.8. The number of nitrogens with one attached hydrogen (secondary N) is 3. The lowest BCUT2D eigenvalue weighted by atomic mass is 9.81. The van der Waals surface area contributed by atoms with Crippen LogP contribution >= 0.6 is 0 Å². The summed E-state index contributed by atoms with van der Waals surface area (Å²) in [4.78, 5) is 114. The third-order valence-electron chi connectivity index (χ3n) is 26.9. The molecule has 0 radical (unpaired) electrons. The lowest BCUT2D eigenvalue weighted by Gasteiger charge is -2.28. The highest BCUT2D eigenvalue weighted by atomic mass is 32.2. The van der Waals surface area contributed by atoms with Crippen molar-refractivity contribution in [2.24, 2.45) is 5.14 Å². The van der Waals surface area contributed by atoms with E-state index >= 15 is 0 Å². The molecule has 6 N–H and O–H groups in total. The highest BCUT2D eigenvalue weighted by Gasteiger charge is 2.39. The number of ether oxygens (including phenoxy) is 4. The van der Waals surface area contributed by atoms with E-state index in [-0.39, 0.29) is 34.4 Å². The van der Waals surface area contributed by atoms with E-state index in [4.69, 9.17) is 28.6 Å². The second-order valence-corrected chi connectivity index (χ2v) is 43.5. The van der Waals surface area contributed by atoms with E-state index in [1.54, 1.807) is 61.9 Å². The van der Waals surface area contributed by atoms with Gasteiger partial charge in [-0.15, -0.1) is 0 Å². The lowest BCUT2D eigenvalue weighted by Crippen LogP contribution is -2.43. The molecule has 6 aliphatic heterocycles. The number of carbonyl (C=O) groups is 7. The number of carboxylic acid groups (broad SMARTS) is 1. The largest absolute Gasteiger partial charge is 0.478 e. The number of carbonyl (C=O) groups excluding carboxylic acids is 6. The van der Waals surface area contributed by atoms with Crippen LogP contribution in [0.15, 0.2) is 144 Å². The van der Waals surface area contributed by atoms with Gasteiger partial charge in [-0.25, -0.2) is 28.9 Å². The number of fused-ring (bicyclic) bond motifs is 15. The topological polar surface area (TPSA) is 450 Å². The fourth-order valence-electron chi connectivity index (χ4n) is 19.7. The number of hydrogen-bond acceptors (Lipinski definition) is 23. The van der Waals surface area contributed by atoms with Crippen LogP contribution in [0.3, 0.4) is 0 Å². The summed E-state index contributed by atoms with van der Waals surface area (Å²) >= 11 is 0. The standard InChI is InChI=1S/2C31H36N4O6S.C29H30N2O4.C7H16N2O5S.C2H8N2O3S/c2*1-33(40-2)42(38,39)32-30(36)23-12-13-26-27(19-23)35-20-24(31(37)34-14-16-41-17-15-34)18-22-10-6-7-11-25(22)29(35)28(26)21-8-4-3-5-9-21;32-28(30-12-14-35-15-13-30)22-16-20-8-4-5-9-23(20)27-26(19-6-2-1-3-7-19)24-11-10-21(29(33)34)17-25(24)31(27)18-22;1-7(2,3)14-6(10)8-15(11,12)9(4)13-5;1-4(7-2)8(3,5)6/h2*6-7,10-13,18-19,21H,3-5,8-9,14-17,20H2,1-2H3,(H,32,36);4-5,8-11,16-17,19H,1-3,6-7,12-15,18H2,(H,33,34);1-5H3,(H,8,10);1-2H3,(H2,3,5,6). The van der Waals surface area contributed by atoms with Crippen LogP contribution in [0.25, 0.3) is 84.7 Å². The molecule has 18 rings (SSSR count). The maximum atomic E-state index is 13.8. The highest BCUT2D eigenvalue weighted by molar-refractivity contribution is 7.88. The number of aromatic carboxylic acids is 1. The van der Waals surface area contributed by atoms with E-state index < -0.39 is 70.3 Å². The Labute approximate surface area is 828 Å². The SMILES string of the molecule is CON(C)S(=O)(=O)NC(=O)OC(C)(C)C.CON(C)S(=O)(=O)NC(=O)c1ccc2c(C3CCCCC3)c3n(c2c1)CC(C(=O)N1CCOCC1)=Cc1ccccc1-3.CON(C)S(=O)(=O)NC(=O)c1ccc2c(C3CCCCC3)c3n(c2c1)CC(C(=O)N1CCOCC1)=Cc1ccccc1-3.CON(C)S(N)(=O)=O.O=C(O)c1ccc2c(C3CCCCC3)c3n(c2c1)CC(C(=O)N1CCOCC1)=Cc1ccccc1-3. The molecule has 9 aliphatic rings. The van der Waals surface area contributed by atoms with Crippen molar-refractivity contribution in [1.29, 1.82) is 0 Å². The van der Waals surface area contributed by atoms with E-state index in [0.29, 0.717) is 145 Å². The first-order valence-corrected chi connectivity index (χ1v) is 53.3. The monoisotopic (exact) mass is 2030 g/mol. The second-order valence-electron chi connectivity index (χ2n) is 36.9. The van der Waals surface area contributed by atoms with Gasteiger partial charge in [0, 0.05) is 145 Å². The molecule has 9 aromatic rings. The summed E-state index contributed by atoms with van der Waals surface area (Å²) in [5.74, 6) is -1.34. The minimum absolute atomic E-state index is 0.0235. The first-order valence-electron chi connectivity index (χ1n) is 47.5. The number of carboxylic acids is 1. The van der Waals surface area contributed by atoms with Gasteiger partial charge in [0.2, 0.25) is 0 Å². The summed E-state index contributed by atoms with van der Waals surface area (Å²) in [6.07, 6.45) is 22.3. The average Bonchev–Trinajstić information content (AvgIpc) is 1.58. The number of hydrogen-bond donors (Lipinski definition) is 5. The van der Waals surface area contributed by atoms with Gasteiger partial charge >= 0.3 is 42.7 Å². The first kappa shape index (κ1) is 106. The number of amides is 6. The molecule has 3 aromatic heterocycles. The molecular formula is C100H126N14O24S4. The Morgan fingerprint density at radius 3 is 0.930 bits per heavy atom. The maximum absolute atomic E-state index is 13.8. The predicted octanol–water partition coefficient (Wildman–Crippen LogP) is 12.4. The van der Waals surface area contributed by atoms with Gasteiger partial charge in [0.15, 0.2) is 0 Å². The van der Waals surface area contributed by atoms with Crippen molar-refractivity contribution in [2.45, 2.75) is 160 Å². The number of aromatic nitrogens is 3. The van der Waals surface area contributed by atoms with Crippen molar-refractivity contribution in [2.75, 3.05) is 136 Å². The number of hydroxylamine groups is 4. The third-order valence-corrected chi connectivity index (χ3v) is 31.6. The Balaban J connectivity index is 0.000000153. The zero-order valence-electron chi connectivity index (χ0n) is 81.8. The average molecular weight is 2040 g/mol. The summed E-state index contributed by atoms with van der Waals surface area (Å²) in [6.45, 7) is 12.5. The van der Waals surface area contributed by atoms with Gasteiger partial charge in [-0.05, 0) is 165 Å². The van der Waals surface area contributed by atoms with Crippen molar-refractivity contribution < 1.29 is 111 Å². The van der Waals surface area contributed by atoms with Gasteiger partial charge in [-0.3, -0.25) is 43.3 Å². The smallest absolute Gasteiger partial charge is 0.422 e. The molecule has 3 saturated carbocycles. The molecule has 3 saturated heterocycles. The molecule has 0 atom stereocenters. The van der Waals surface area contributed by atoms with Crippen LogP contribution in [0.1, 0.15) is 199 Å². The van der Waals surface area contributed by atoms with Gasteiger partial charge in [-0.1, -0.05) is 167 Å². The number of morpholine rings is 3. The molecule has 0 bridgehead atoms. The fraction of sp³-hybridized carbons (Fsp3) is 0.450. The number of nitrogens with zero attached hydrogens (tertiary/aromatic N) is 10. The second kappa shape index (κ2) is 46.1. The van der Waals surface area contributed by atoms with Crippen LogP contribution in [-0.2, 0) is 113 Å². The van der Waals surface area contributed by atoms with Crippen LogP contribution in [0.5, 0.6) is 0 Å². The number of nitrogens with two attached hydrogens (primary N) is 1. The van der Waals surface area contributed by atoms with Crippen LogP contribution in [0.4, 0.5) is 4.79 Å². The highest BCUT2D eigenvalue weighted by Crippen LogP contribution is 2.51. The Morgan fingerprint density at radius 2 is 0.662 bits per heavy atom. The normalized spacial score (nSPS) is 17.2. The Kier molecular flexibility index (Phi) is 34.5. The van der Waals surface area contributed by atoms with Crippen LogP contribution < -0.4 is 19.3 Å². The summed E-state index contributed by atoms with van der Waals surface area (Å²) < 4.78 is 129. The minimum atomic E-state index is -4.18.